The molecule has 0 saturated heterocycles. The number of aromatic nitrogens is 1. The first kappa shape index (κ1) is 10.7. The smallest absolute Gasteiger partial charge is 0.150 e. The molecule has 1 aromatic rings. The number of hydrogen-bond acceptors (Lipinski definition) is 3. The van der Waals surface area contributed by atoms with Crippen LogP contribution in [0.3, 0.4) is 0 Å². The molecule has 84 valence electrons. The van der Waals surface area contributed by atoms with E-state index < -0.39 is 0 Å². The van der Waals surface area contributed by atoms with Crippen LogP contribution in [0.4, 0.5) is 0 Å². The number of aryl methyl sites for hydroxylation is 1. The van der Waals surface area contributed by atoms with Gasteiger partial charge in [0.1, 0.15) is 0 Å². The van der Waals surface area contributed by atoms with E-state index in [1.807, 2.05) is 13.0 Å². The van der Waals surface area contributed by atoms with E-state index in [2.05, 4.69) is 24.3 Å². The molecule has 1 saturated carbocycles. The zero-order valence-electron chi connectivity index (χ0n) is 9.84. The fraction of sp³-hybridized carbons (Fsp3) is 0.750. The van der Waals surface area contributed by atoms with Crippen molar-refractivity contribution in [3.05, 3.63) is 17.5 Å². The second-order valence-electron chi connectivity index (χ2n) is 5.42. The lowest BCUT2D eigenvalue weighted by Gasteiger charge is -2.17. The minimum absolute atomic E-state index is 0.509. The number of hydrogen-bond donors (Lipinski definition) is 1. The van der Waals surface area contributed by atoms with Crippen LogP contribution in [0.15, 0.2) is 10.6 Å². The van der Waals surface area contributed by atoms with Crippen molar-refractivity contribution < 1.29 is 4.52 Å². The van der Waals surface area contributed by atoms with Gasteiger partial charge in [-0.1, -0.05) is 19.0 Å². The summed E-state index contributed by atoms with van der Waals surface area (Å²) in [6, 6.07) is 2.64. The first-order valence-corrected chi connectivity index (χ1v) is 5.71. The predicted octanol–water partition coefficient (Wildman–Crippen LogP) is 2.65. The minimum atomic E-state index is 0.509. The van der Waals surface area contributed by atoms with Gasteiger partial charge in [-0.25, -0.2) is 0 Å². The average Bonchev–Trinajstić information content (AvgIpc) is 2.69. The van der Waals surface area contributed by atoms with Gasteiger partial charge in [0.15, 0.2) is 5.76 Å². The monoisotopic (exact) mass is 208 g/mol. The van der Waals surface area contributed by atoms with E-state index in [9.17, 15) is 0 Å². The van der Waals surface area contributed by atoms with Crippen LogP contribution in [0.1, 0.15) is 44.6 Å². The highest BCUT2D eigenvalue weighted by atomic mass is 16.5. The molecule has 0 spiro atoms. The zero-order chi connectivity index (χ0) is 10.9. The second kappa shape index (κ2) is 3.97. The van der Waals surface area contributed by atoms with Crippen molar-refractivity contribution in [2.24, 2.45) is 5.41 Å². The molecule has 0 radical (unpaired) electrons. The highest BCUT2D eigenvalue weighted by Gasteiger charge is 2.30. The Hall–Kier alpha value is -0.830. The number of nitrogens with one attached hydrogen (secondary N) is 1. The first-order chi connectivity index (χ1) is 7.05. The third-order valence-corrected chi connectivity index (χ3v) is 3.21. The summed E-state index contributed by atoms with van der Waals surface area (Å²) in [5.41, 5.74) is 1.47. The Balaban J connectivity index is 1.80. The summed E-state index contributed by atoms with van der Waals surface area (Å²) in [6.45, 7) is 7.44. The first-order valence-electron chi connectivity index (χ1n) is 5.71. The van der Waals surface area contributed by atoms with Crippen LogP contribution in [0, 0.1) is 12.3 Å². The van der Waals surface area contributed by atoms with Crippen molar-refractivity contribution >= 4 is 0 Å². The van der Waals surface area contributed by atoms with Gasteiger partial charge in [0.2, 0.25) is 0 Å². The van der Waals surface area contributed by atoms with E-state index in [0.29, 0.717) is 11.5 Å². The van der Waals surface area contributed by atoms with Gasteiger partial charge >= 0.3 is 0 Å². The zero-order valence-corrected chi connectivity index (χ0v) is 9.84. The lowest BCUT2D eigenvalue weighted by Crippen LogP contribution is -2.26. The topological polar surface area (TPSA) is 38.1 Å². The molecule has 3 heteroatoms. The molecule has 1 aliphatic carbocycles. The van der Waals surface area contributed by atoms with Crippen LogP contribution in [-0.2, 0) is 6.54 Å². The molecule has 0 aromatic carbocycles. The van der Waals surface area contributed by atoms with Gasteiger partial charge < -0.3 is 9.84 Å². The van der Waals surface area contributed by atoms with Crippen molar-refractivity contribution in [1.82, 2.24) is 10.5 Å². The quantitative estimate of drug-likeness (QED) is 0.829. The molecule has 1 aliphatic rings. The van der Waals surface area contributed by atoms with Crippen LogP contribution in [0.25, 0.3) is 0 Å². The van der Waals surface area contributed by atoms with Gasteiger partial charge in [-0.3, -0.25) is 0 Å². The molecule has 3 nitrogen and oxygen atoms in total. The normalized spacial score (nSPS) is 24.6. The Morgan fingerprint density at radius 1 is 1.60 bits per heavy atom. The van der Waals surface area contributed by atoms with Crippen LogP contribution in [-0.4, -0.2) is 11.2 Å². The number of nitrogens with zero attached hydrogens (tertiary/aromatic N) is 1. The molecule has 1 fully saturated rings. The van der Waals surface area contributed by atoms with Crippen molar-refractivity contribution in [2.45, 2.75) is 52.6 Å². The summed E-state index contributed by atoms with van der Waals surface area (Å²) in [7, 11) is 0. The molecule has 1 heterocycles. The highest BCUT2D eigenvalue weighted by molar-refractivity contribution is 5.03. The fourth-order valence-corrected chi connectivity index (χ4v) is 2.35. The third-order valence-electron chi connectivity index (χ3n) is 3.21. The van der Waals surface area contributed by atoms with Gasteiger partial charge in [0.05, 0.1) is 12.2 Å². The average molecular weight is 208 g/mol. The van der Waals surface area contributed by atoms with Crippen molar-refractivity contribution in [3.63, 3.8) is 0 Å². The predicted molar refractivity (Wildman–Crippen MR) is 59.5 cm³/mol. The van der Waals surface area contributed by atoms with Gasteiger partial charge in [0, 0.05) is 12.1 Å². The van der Waals surface area contributed by atoms with Crippen molar-refractivity contribution in [2.75, 3.05) is 0 Å². The van der Waals surface area contributed by atoms with Gasteiger partial charge in [-0.2, -0.15) is 0 Å². The molecule has 2 rings (SSSR count). The Bertz CT molecular complexity index is 330. The molecular weight excluding hydrogens is 188 g/mol. The lowest BCUT2D eigenvalue weighted by atomic mass is 9.92. The lowest BCUT2D eigenvalue weighted by molar-refractivity contribution is 0.342. The van der Waals surface area contributed by atoms with E-state index >= 15 is 0 Å². The van der Waals surface area contributed by atoms with Gasteiger partial charge in [-0.05, 0) is 31.6 Å². The maximum Gasteiger partial charge on any atom is 0.150 e. The maximum atomic E-state index is 5.16. The summed E-state index contributed by atoms with van der Waals surface area (Å²) in [6.07, 6.45) is 3.86. The highest BCUT2D eigenvalue weighted by Crippen LogP contribution is 2.36. The SMILES string of the molecule is Cc1cc(CNC2CCC(C)(C)C2)on1. The van der Waals surface area contributed by atoms with Gasteiger partial charge in [-0.15, -0.1) is 0 Å². The minimum Gasteiger partial charge on any atom is -0.360 e. The molecule has 0 amide bonds. The summed E-state index contributed by atoms with van der Waals surface area (Å²) in [5, 5.41) is 7.41. The van der Waals surface area contributed by atoms with E-state index in [4.69, 9.17) is 4.52 Å². The summed E-state index contributed by atoms with van der Waals surface area (Å²) < 4.78 is 5.16. The summed E-state index contributed by atoms with van der Waals surface area (Å²) in [5.74, 6) is 0.942. The molecule has 1 aromatic heterocycles. The fourth-order valence-electron chi connectivity index (χ4n) is 2.35. The largest absolute Gasteiger partial charge is 0.360 e. The second-order valence-corrected chi connectivity index (χ2v) is 5.42. The standard InChI is InChI=1S/C12H20N2O/c1-9-6-11(15-14-9)8-13-10-4-5-12(2,3)7-10/h6,10,13H,4-5,7-8H2,1-3H3. The Morgan fingerprint density at radius 2 is 2.40 bits per heavy atom. The Labute approximate surface area is 91.2 Å². The van der Waals surface area contributed by atoms with E-state index in [1.165, 1.54) is 19.3 Å². The Kier molecular flexibility index (Phi) is 2.83. The maximum absolute atomic E-state index is 5.16. The Morgan fingerprint density at radius 3 is 2.93 bits per heavy atom. The number of rotatable bonds is 3. The van der Waals surface area contributed by atoms with Crippen LogP contribution in [0.5, 0.6) is 0 Å². The van der Waals surface area contributed by atoms with Crippen LogP contribution in [0.2, 0.25) is 0 Å². The van der Waals surface area contributed by atoms with Crippen molar-refractivity contribution in [3.8, 4) is 0 Å². The molecule has 1 atom stereocenters. The summed E-state index contributed by atoms with van der Waals surface area (Å²) in [4.78, 5) is 0. The van der Waals surface area contributed by atoms with Gasteiger partial charge in [0.25, 0.3) is 0 Å². The third kappa shape index (κ3) is 2.81. The molecular formula is C12H20N2O. The van der Waals surface area contributed by atoms with Crippen molar-refractivity contribution in [1.29, 1.82) is 0 Å². The van der Waals surface area contributed by atoms with E-state index in [0.717, 1.165) is 18.0 Å². The van der Waals surface area contributed by atoms with Crippen LogP contribution < -0.4 is 5.32 Å². The molecule has 15 heavy (non-hydrogen) atoms. The molecule has 1 unspecified atom stereocenters. The van der Waals surface area contributed by atoms with E-state index in [1.54, 1.807) is 0 Å². The molecule has 1 N–H and O–H groups in total. The van der Waals surface area contributed by atoms with E-state index in [-0.39, 0.29) is 0 Å². The van der Waals surface area contributed by atoms with Crippen LogP contribution >= 0.6 is 0 Å². The molecule has 0 bridgehead atoms. The summed E-state index contributed by atoms with van der Waals surface area (Å²) >= 11 is 0. The molecule has 0 aliphatic heterocycles.